The smallest absolute Gasteiger partial charge is 0.229 e. The molecule has 9 unspecified atom stereocenters. The Morgan fingerprint density at radius 2 is 1.33 bits per heavy atom. The first-order chi connectivity index (χ1) is 18.7. The lowest BCUT2D eigenvalue weighted by molar-refractivity contribution is -0.277. The summed E-state index contributed by atoms with van der Waals surface area (Å²) in [6.45, 7) is 0.0281. The zero-order valence-corrected chi connectivity index (χ0v) is 21.2. The van der Waals surface area contributed by atoms with E-state index >= 15 is 0 Å². The number of phenolic OH excluding ortho intramolecular Hbond substituents is 3. The first-order valence-electron chi connectivity index (χ1n) is 12.4. The highest BCUT2D eigenvalue weighted by molar-refractivity contribution is 5.54. The predicted octanol–water partition coefficient (Wildman–Crippen LogP) is 0.0745. The van der Waals surface area contributed by atoms with Crippen LogP contribution in [0.1, 0.15) is 23.3 Å². The zero-order valence-electron chi connectivity index (χ0n) is 21.2. The molecule has 13 heteroatoms. The number of ether oxygens (including phenoxy) is 6. The first-order valence-corrected chi connectivity index (χ1v) is 12.4. The topological polar surface area (TPSA) is 197 Å². The lowest BCUT2D eigenvalue weighted by Crippen LogP contribution is -2.60. The molecule has 3 aliphatic heterocycles. The van der Waals surface area contributed by atoms with E-state index in [4.69, 9.17) is 28.4 Å². The summed E-state index contributed by atoms with van der Waals surface area (Å²) in [4.78, 5) is 0. The van der Waals surface area contributed by atoms with E-state index in [9.17, 15) is 35.7 Å². The lowest BCUT2D eigenvalue weighted by Gasteiger charge is -2.39. The summed E-state index contributed by atoms with van der Waals surface area (Å²) in [5, 5.41) is 70.7. The number of benzene rings is 2. The van der Waals surface area contributed by atoms with Crippen molar-refractivity contribution in [3.8, 4) is 34.5 Å². The van der Waals surface area contributed by atoms with Crippen molar-refractivity contribution < 1.29 is 64.2 Å². The molecular weight excluding hydrogens is 520 g/mol. The summed E-state index contributed by atoms with van der Waals surface area (Å²) in [7, 11) is 2.74. The monoisotopic (exact) mass is 552 g/mol. The average Bonchev–Trinajstić information content (AvgIpc) is 3.53. The SMILES string of the molecule is COc1cc(C2OCC3C(c4cc(O)c(OC5OC(CO)C(O)C(O)C5O)c(OC)c4)OCC23)cc(O)c1O. The molecule has 13 nitrogen and oxygen atoms in total. The molecule has 3 aliphatic rings. The van der Waals surface area contributed by atoms with Crippen molar-refractivity contribution in [2.75, 3.05) is 34.0 Å². The fourth-order valence-electron chi connectivity index (χ4n) is 5.49. The van der Waals surface area contributed by atoms with E-state index in [2.05, 4.69) is 0 Å². The molecule has 0 bridgehead atoms. The van der Waals surface area contributed by atoms with Gasteiger partial charge < -0.3 is 64.2 Å². The Kier molecular flexibility index (Phi) is 7.66. The molecule has 0 saturated carbocycles. The van der Waals surface area contributed by atoms with E-state index in [1.54, 1.807) is 12.1 Å². The van der Waals surface area contributed by atoms with Crippen LogP contribution in [0.4, 0.5) is 0 Å². The third kappa shape index (κ3) is 4.80. The molecule has 39 heavy (non-hydrogen) atoms. The van der Waals surface area contributed by atoms with Gasteiger partial charge in [-0.25, -0.2) is 0 Å². The molecule has 3 heterocycles. The van der Waals surface area contributed by atoms with E-state index in [1.165, 1.54) is 26.4 Å². The van der Waals surface area contributed by atoms with Crippen LogP contribution in [-0.2, 0) is 14.2 Å². The summed E-state index contributed by atoms with van der Waals surface area (Å²) < 4.78 is 33.7. The first kappa shape index (κ1) is 27.5. The van der Waals surface area contributed by atoms with Gasteiger partial charge in [-0.15, -0.1) is 0 Å². The maximum absolute atomic E-state index is 10.9. The zero-order chi connectivity index (χ0) is 28.0. The van der Waals surface area contributed by atoms with Crippen LogP contribution in [0, 0.1) is 11.8 Å². The van der Waals surface area contributed by atoms with Crippen molar-refractivity contribution in [3.05, 3.63) is 35.4 Å². The second-order valence-electron chi connectivity index (χ2n) is 9.81. The van der Waals surface area contributed by atoms with Crippen LogP contribution >= 0.6 is 0 Å². The third-order valence-electron chi connectivity index (χ3n) is 7.58. The fourth-order valence-corrected chi connectivity index (χ4v) is 5.49. The highest BCUT2D eigenvalue weighted by Crippen LogP contribution is 2.53. The Morgan fingerprint density at radius 3 is 1.90 bits per heavy atom. The molecule has 0 aliphatic carbocycles. The van der Waals surface area contributed by atoms with Gasteiger partial charge in [0.25, 0.3) is 0 Å². The second kappa shape index (κ2) is 10.8. The van der Waals surface area contributed by atoms with Crippen molar-refractivity contribution in [3.63, 3.8) is 0 Å². The summed E-state index contributed by atoms with van der Waals surface area (Å²) in [6, 6.07) is 6.07. The van der Waals surface area contributed by atoms with Crippen molar-refractivity contribution in [2.24, 2.45) is 11.8 Å². The standard InChI is InChI=1S/C26H32O13/c1-34-16-5-10(3-14(28)19(16)30)23-12-8-37-24(13(12)9-36-23)11-4-15(29)25(17(6-11)35-2)39-26-22(33)21(32)20(31)18(7-27)38-26/h3-6,12-13,18,20-24,26-33H,7-9H2,1-2H3. The van der Waals surface area contributed by atoms with Crippen molar-refractivity contribution in [2.45, 2.75) is 42.9 Å². The van der Waals surface area contributed by atoms with E-state index in [-0.39, 0.29) is 46.3 Å². The Balaban J connectivity index is 1.37. The molecular formula is C26H32O13. The van der Waals surface area contributed by atoms with Gasteiger partial charge in [0.15, 0.2) is 23.0 Å². The maximum Gasteiger partial charge on any atom is 0.229 e. The third-order valence-corrected chi connectivity index (χ3v) is 7.58. The largest absolute Gasteiger partial charge is 0.504 e. The van der Waals surface area contributed by atoms with Crippen LogP contribution < -0.4 is 14.2 Å². The van der Waals surface area contributed by atoms with Crippen LogP contribution in [0.3, 0.4) is 0 Å². The quantitative estimate of drug-likeness (QED) is 0.228. The van der Waals surface area contributed by atoms with E-state index in [0.29, 0.717) is 24.3 Å². The van der Waals surface area contributed by atoms with Crippen LogP contribution in [0.2, 0.25) is 0 Å². The highest BCUT2D eigenvalue weighted by atomic mass is 16.7. The number of rotatable bonds is 7. The van der Waals surface area contributed by atoms with Crippen LogP contribution in [0.5, 0.6) is 34.5 Å². The van der Waals surface area contributed by atoms with Gasteiger partial charge in [0, 0.05) is 11.8 Å². The maximum atomic E-state index is 10.9. The minimum atomic E-state index is -1.67. The average molecular weight is 553 g/mol. The molecule has 0 aromatic heterocycles. The van der Waals surface area contributed by atoms with Gasteiger partial charge >= 0.3 is 0 Å². The van der Waals surface area contributed by atoms with Crippen molar-refractivity contribution in [1.82, 2.24) is 0 Å². The summed E-state index contributed by atoms with van der Waals surface area (Å²) in [5.41, 5.74) is 1.20. The Labute approximate surface area is 223 Å². The molecule has 0 radical (unpaired) electrons. The summed E-state index contributed by atoms with van der Waals surface area (Å²) in [6.07, 6.45) is -8.48. The molecule has 2 aromatic carbocycles. The lowest BCUT2D eigenvalue weighted by atomic mass is 9.84. The van der Waals surface area contributed by atoms with Crippen LogP contribution in [-0.4, -0.2) is 100 Å². The van der Waals surface area contributed by atoms with Gasteiger partial charge in [0.2, 0.25) is 17.8 Å². The molecule has 2 aromatic rings. The van der Waals surface area contributed by atoms with Gasteiger partial charge in [0.1, 0.15) is 24.4 Å². The van der Waals surface area contributed by atoms with Crippen LogP contribution in [0.25, 0.3) is 0 Å². The Hall–Kier alpha value is -3.04. The Bertz CT molecular complexity index is 1190. The minimum Gasteiger partial charge on any atom is -0.504 e. The number of aromatic hydroxyl groups is 3. The van der Waals surface area contributed by atoms with Gasteiger partial charge in [-0.3, -0.25) is 0 Å². The number of fused-ring (bicyclic) bond motifs is 1. The van der Waals surface area contributed by atoms with Crippen molar-refractivity contribution >= 4 is 0 Å². The molecule has 3 fully saturated rings. The van der Waals surface area contributed by atoms with Gasteiger partial charge in [-0.05, 0) is 35.4 Å². The van der Waals surface area contributed by atoms with E-state index in [1.807, 2.05) is 0 Å². The molecule has 3 saturated heterocycles. The number of hydrogen-bond acceptors (Lipinski definition) is 13. The molecule has 214 valence electrons. The van der Waals surface area contributed by atoms with Gasteiger partial charge in [-0.2, -0.15) is 0 Å². The van der Waals surface area contributed by atoms with Crippen molar-refractivity contribution in [1.29, 1.82) is 0 Å². The number of hydrogen-bond donors (Lipinski definition) is 7. The van der Waals surface area contributed by atoms with Crippen LogP contribution in [0.15, 0.2) is 24.3 Å². The number of phenols is 3. The molecule has 7 N–H and O–H groups in total. The molecule has 9 atom stereocenters. The normalized spacial score (nSPS) is 34.1. The predicted molar refractivity (Wildman–Crippen MR) is 130 cm³/mol. The minimum absolute atomic E-state index is 0.0951. The van der Waals surface area contributed by atoms with E-state index in [0.717, 1.165) is 0 Å². The number of aliphatic hydroxyl groups is 4. The Morgan fingerprint density at radius 1 is 0.769 bits per heavy atom. The number of aliphatic hydroxyl groups excluding tert-OH is 4. The van der Waals surface area contributed by atoms with Gasteiger partial charge in [-0.1, -0.05) is 0 Å². The molecule has 5 rings (SSSR count). The molecule has 0 amide bonds. The van der Waals surface area contributed by atoms with Gasteiger partial charge in [0.05, 0.1) is 46.2 Å². The summed E-state index contributed by atoms with van der Waals surface area (Å²) in [5.74, 6) is -1.19. The molecule has 0 spiro atoms. The second-order valence-corrected chi connectivity index (χ2v) is 9.81. The fraction of sp³-hybridized carbons (Fsp3) is 0.538. The highest BCUT2D eigenvalue weighted by Gasteiger charge is 2.49. The summed E-state index contributed by atoms with van der Waals surface area (Å²) >= 11 is 0. The number of methoxy groups -OCH3 is 2. The van der Waals surface area contributed by atoms with E-state index < -0.39 is 49.5 Å².